The quantitative estimate of drug-likeness (QED) is 0.193. The number of halogens is 1. The van der Waals surface area contributed by atoms with E-state index >= 15 is 4.39 Å². The molecule has 10 nitrogen and oxygen atoms in total. The van der Waals surface area contributed by atoms with Crippen LogP contribution in [0.5, 0.6) is 11.6 Å². The van der Waals surface area contributed by atoms with Gasteiger partial charge in [0, 0.05) is 23.1 Å². The number of carbonyl (C=O) groups excluding carboxylic acids is 2. The number of ether oxygens (including phenoxy) is 2. The Bertz CT molecular complexity index is 1890. The van der Waals surface area contributed by atoms with E-state index in [2.05, 4.69) is 5.16 Å². The van der Waals surface area contributed by atoms with Crippen LogP contribution in [0.4, 0.5) is 10.1 Å². The second-order valence-corrected chi connectivity index (χ2v) is 12.2. The summed E-state index contributed by atoms with van der Waals surface area (Å²) in [6.45, 7) is 0.138. The fourth-order valence-electron chi connectivity index (χ4n) is 7.17. The number of hydrogen-bond acceptors (Lipinski definition) is 10. The fourth-order valence-corrected chi connectivity index (χ4v) is 7.17. The van der Waals surface area contributed by atoms with Gasteiger partial charge in [-0.15, -0.1) is 0 Å². The molecule has 7 rings (SSSR count). The van der Waals surface area contributed by atoms with E-state index in [4.69, 9.17) is 19.7 Å². The molecule has 236 valence electrons. The van der Waals surface area contributed by atoms with Crippen LogP contribution < -0.4 is 15.2 Å². The van der Waals surface area contributed by atoms with E-state index in [9.17, 15) is 19.8 Å². The topological polar surface area (TPSA) is 148 Å². The lowest BCUT2D eigenvalue weighted by atomic mass is 9.57. The molecule has 0 unspecified atom stereocenters. The Hall–Kier alpha value is -5.00. The zero-order valence-corrected chi connectivity index (χ0v) is 25.2. The average Bonchev–Trinajstić information content (AvgIpc) is 3.46. The van der Waals surface area contributed by atoms with Gasteiger partial charge in [-0.3, -0.25) is 14.5 Å². The van der Waals surface area contributed by atoms with E-state index in [-0.39, 0.29) is 71.4 Å². The van der Waals surface area contributed by atoms with Crippen molar-refractivity contribution in [1.29, 1.82) is 0 Å². The first-order chi connectivity index (χ1) is 22.1. The molecule has 1 aromatic heterocycles. The lowest BCUT2D eigenvalue weighted by Crippen LogP contribution is -2.63. The Balaban J connectivity index is 1.31. The molecular formula is C35H32FN3O7. The van der Waals surface area contributed by atoms with Crippen molar-refractivity contribution in [3.8, 4) is 11.6 Å². The minimum absolute atomic E-state index is 0.0178. The number of Topliss-reactive ketones (excluding diaryl/α,β-unsaturated/α-hetero) is 2. The number of nitrogen functional groups attached to an aromatic ring is 1. The van der Waals surface area contributed by atoms with E-state index in [1.165, 1.54) is 0 Å². The molecule has 0 bridgehead atoms. The lowest BCUT2D eigenvalue weighted by molar-refractivity contribution is -0.142. The molecule has 46 heavy (non-hydrogen) atoms. The maximum Gasteiger partial charge on any atom is 0.265 e. The molecule has 0 aliphatic heterocycles. The third-order valence-electron chi connectivity index (χ3n) is 9.29. The number of rotatable bonds is 7. The van der Waals surface area contributed by atoms with Gasteiger partial charge in [0.05, 0.1) is 17.3 Å². The summed E-state index contributed by atoms with van der Waals surface area (Å²) in [5, 5.41) is 28.0. The molecule has 0 saturated heterocycles. The largest absolute Gasteiger partial charge is 0.507 e. The number of aliphatic hydroxyl groups is 2. The third-order valence-corrected chi connectivity index (χ3v) is 9.29. The predicted octanol–water partition coefficient (Wildman–Crippen LogP) is 4.81. The van der Waals surface area contributed by atoms with Crippen LogP contribution in [-0.2, 0) is 24.4 Å². The van der Waals surface area contributed by atoms with Crippen LogP contribution in [-0.4, -0.2) is 51.5 Å². The summed E-state index contributed by atoms with van der Waals surface area (Å²) in [6, 6.07) is 18.8. The number of hydrogen-bond donors (Lipinski definition) is 3. The first kappa shape index (κ1) is 29.7. The molecule has 11 heteroatoms. The SMILES string of the molecule is CN(C)[C@@H]1c2onc(OCc3ccccc3)c2C(=O)[C@@]2(O)C(=O)C3=C(O)c4c(c(F)cc(N)c4OCc4ccccc4)C[C@H]3C[C@@H]12. The number of fused-ring (bicyclic) bond motifs is 4. The molecular weight excluding hydrogens is 593 g/mol. The minimum atomic E-state index is -2.58. The Kier molecular flexibility index (Phi) is 7.17. The Morgan fingerprint density at radius 1 is 1.00 bits per heavy atom. The number of anilines is 1. The number of nitrogens with two attached hydrogens (primary N) is 1. The third kappa shape index (κ3) is 4.49. The summed E-state index contributed by atoms with van der Waals surface area (Å²) < 4.78 is 33.0. The lowest BCUT2D eigenvalue weighted by Gasteiger charge is -2.49. The Labute approximate surface area is 263 Å². The number of nitrogens with zero attached hydrogens (tertiary/aromatic N) is 2. The van der Waals surface area contributed by atoms with Crippen LogP contribution in [0.25, 0.3) is 5.76 Å². The van der Waals surface area contributed by atoms with E-state index in [1.807, 2.05) is 60.7 Å². The Morgan fingerprint density at radius 3 is 2.26 bits per heavy atom. The van der Waals surface area contributed by atoms with Crippen molar-refractivity contribution in [1.82, 2.24) is 10.1 Å². The van der Waals surface area contributed by atoms with E-state index in [1.54, 1.807) is 19.0 Å². The van der Waals surface area contributed by atoms with Crippen molar-refractivity contribution in [3.05, 3.63) is 112 Å². The van der Waals surface area contributed by atoms with Crippen molar-refractivity contribution in [3.63, 3.8) is 0 Å². The van der Waals surface area contributed by atoms with Crippen LogP contribution in [0, 0.1) is 17.7 Å². The van der Waals surface area contributed by atoms with Gasteiger partial charge in [-0.1, -0.05) is 60.7 Å². The highest BCUT2D eigenvalue weighted by Crippen LogP contribution is 2.56. The maximum absolute atomic E-state index is 15.5. The van der Waals surface area contributed by atoms with Crippen molar-refractivity contribution in [2.24, 2.45) is 11.8 Å². The van der Waals surface area contributed by atoms with E-state index in [0.29, 0.717) is 0 Å². The highest BCUT2D eigenvalue weighted by molar-refractivity contribution is 6.26. The van der Waals surface area contributed by atoms with Gasteiger partial charge in [0.15, 0.2) is 17.1 Å². The van der Waals surface area contributed by atoms with Gasteiger partial charge < -0.3 is 29.9 Å². The standard InChI is InChI=1S/C35H32FN3O7/c1-39(2)28-22-14-20-13-21-23(36)15-24(37)30(44-16-18-9-5-3-6-10-18)26(21)29(40)25(20)32(41)35(22,43)33(42)27-31(28)46-38-34(27)45-17-19-11-7-4-8-12-19/h3-12,15,20,22,28,40,43H,13-14,16-17,37H2,1-2H3/t20-,22-,28-,35-/m0/s1. The molecule has 0 radical (unpaired) electrons. The molecule has 1 saturated carbocycles. The fraction of sp³-hybridized carbons (Fsp3) is 0.286. The molecule has 4 aromatic rings. The van der Waals surface area contributed by atoms with Gasteiger partial charge in [0.2, 0.25) is 11.6 Å². The predicted molar refractivity (Wildman–Crippen MR) is 164 cm³/mol. The second kappa shape index (κ2) is 11.1. The smallest absolute Gasteiger partial charge is 0.265 e. The van der Waals surface area contributed by atoms with Crippen LogP contribution in [0.3, 0.4) is 0 Å². The normalized spacial score (nSPS) is 23.5. The van der Waals surface area contributed by atoms with Crippen LogP contribution in [0.1, 0.15) is 50.8 Å². The molecule has 3 aliphatic rings. The number of benzene rings is 3. The van der Waals surface area contributed by atoms with Gasteiger partial charge in [-0.05, 0) is 49.1 Å². The monoisotopic (exact) mass is 625 g/mol. The van der Waals surface area contributed by atoms with Crippen LogP contribution >= 0.6 is 0 Å². The molecule has 3 aromatic carbocycles. The highest BCUT2D eigenvalue weighted by atomic mass is 19.1. The van der Waals surface area contributed by atoms with Crippen LogP contribution in [0.2, 0.25) is 0 Å². The van der Waals surface area contributed by atoms with Crippen molar-refractivity contribution >= 4 is 23.0 Å². The zero-order chi connectivity index (χ0) is 32.3. The molecule has 3 aliphatic carbocycles. The number of carbonyl (C=O) groups is 2. The molecule has 0 spiro atoms. The molecule has 4 atom stereocenters. The van der Waals surface area contributed by atoms with Crippen molar-refractivity contribution in [2.75, 3.05) is 19.8 Å². The van der Waals surface area contributed by atoms with E-state index in [0.717, 1.165) is 17.2 Å². The minimum Gasteiger partial charge on any atom is -0.507 e. The van der Waals surface area contributed by atoms with Gasteiger partial charge in [0.25, 0.3) is 5.88 Å². The number of aliphatic hydroxyl groups excluding tert-OH is 1. The Morgan fingerprint density at radius 2 is 1.63 bits per heavy atom. The summed E-state index contributed by atoms with van der Waals surface area (Å²) in [4.78, 5) is 30.4. The molecule has 0 amide bonds. The van der Waals surface area contributed by atoms with Crippen LogP contribution in [0.15, 0.2) is 76.8 Å². The highest BCUT2D eigenvalue weighted by Gasteiger charge is 2.65. The van der Waals surface area contributed by atoms with Gasteiger partial charge in [-0.2, -0.15) is 0 Å². The molecule has 1 heterocycles. The molecule has 1 fully saturated rings. The average molecular weight is 626 g/mol. The first-order valence-electron chi connectivity index (χ1n) is 15.0. The first-order valence-corrected chi connectivity index (χ1v) is 15.0. The summed E-state index contributed by atoms with van der Waals surface area (Å²) in [5.41, 5.74) is 4.95. The second-order valence-electron chi connectivity index (χ2n) is 12.2. The number of aromatic nitrogens is 1. The molecule has 4 N–H and O–H groups in total. The maximum atomic E-state index is 15.5. The van der Waals surface area contributed by atoms with Gasteiger partial charge in [-0.25, -0.2) is 4.39 Å². The summed E-state index contributed by atoms with van der Waals surface area (Å²) in [6.07, 6.45) is 0.0872. The number of ketones is 2. The zero-order valence-electron chi connectivity index (χ0n) is 25.2. The van der Waals surface area contributed by atoms with Crippen molar-refractivity contribution in [2.45, 2.75) is 37.7 Å². The van der Waals surface area contributed by atoms with Gasteiger partial charge in [0.1, 0.15) is 30.4 Å². The summed E-state index contributed by atoms with van der Waals surface area (Å²) >= 11 is 0. The van der Waals surface area contributed by atoms with E-state index < -0.39 is 46.6 Å². The van der Waals surface area contributed by atoms with Gasteiger partial charge >= 0.3 is 0 Å². The van der Waals surface area contributed by atoms with Crippen molar-refractivity contribution < 1.29 is 38.2 Å². The summed E-state index contributed by atoms with van der Waals surface area (Å²) in [7, 11) is 3.47. The summed E-state index contributed by atoms with van der Waals surface area (Å²) in [5.74, 6) is -4.76.